The van der Waals surface area contributed by atoms with E-state index in [2.05, 4.69) is 23.9 Å². The van der Waals surface area contributed by atoms with E-state index >= 15 is 0 Å². The summed E-state index contributed by atoms with van der Waals surface area (Å²) in [7, 11) is 6.21. The Balaban J connectivity index is 1.67. The van der Waals surface area contributed by atoms with E-state index in [0.29, 0.717) is 62.2 Å². The molecule has 0 N–H and O–H groups in total. The fraction of sp³-hybridized carbons (Fsp3) is 0.346. The molecule has 0 bridgehead atoms. The molecule has 0 spiro atoms. The quantitative estimate of drug-likeness (QED) is 0.317. The smallest absolute Gasteiger partial charge is 0.291 e. The number of hydrogen-bond donors (Lipinski definition) is 0. The van der Waals surface area contributed by atoms with Crippen molar-refractivity contribution in [3.8, 4) is 40.1 Å². The van der Waals surface area contributed by atoms with Crippen molar-refractivity contribution >= 4 is 22.4 Å². The summed E-state index contributed by atoms with van der Waals surface area (Å²) in [6.45, 7) is 4.92. The average molecular weight is 512 g/mol. The Morgan fingerprint density at radius 1 is 0.944 bits per heavy atom. The third-order valence-corrected chi connectivity index (χ3v) is 6.50. The van der Waals surface area contributed by atoms with Crippen molar-refractivity contribution in [1.82, 2.24) is 14.6 Å². The second-order valence-electron chi connectivity index (χ2n) is 8.40. The first-order chi connectivity index (χ1) is 17.4. The fourth-order valence-electron chi connectivity index (χ4n) is 3.62. The van der Waals surface area contributed by atoms with Crippen LogP contribution in [0.25, 0.3) is 22.4 Å². The summed E-state index contributed by atoms with van der Waals surface area (Å²) in [6.07, 6.45) is 2.75. The maximum absolute atomic E-state index is 13.1. The number of methoxy groups -OCH3 is 4. The van der Waals surface area contributed by atoms with Crippen LogP contribution in [0.1, 0.15) is 25.8 Å². The molecule has 0 saturated carbocycles. The number of nitrogens with zero attached hydrogens (tertiary/aromatic N) is 3. The standard InChI is InChI=1S/C26H29N3O6S/c1-15(2)9-10-35-18-8-7-16(11-19(18)31-3)12-22-25(30)29-26(36-22)27-24(28-29)17-13-20(32-4)23(34-6)21(14-17)33-5/h7-8,11-15H,9-10H2,1-6H3. The van der Waals surface area contributed by atoms with Gasteiger partial charge in [-0.05, 0) is 48.2 Å². The molecule has 0 fully saturated rings. The lowest BCUT2D eigenvalue weighted by molar-refractivity contribution is 0.273. The largest absolute Gasteiger partial charge is 0.493 e. The Bertz CT molecular complexity index is 1450. The summed E-state index contributed by atoms with van der Waals surface area (Å²) in [6, 6.07) is 9.09. The van der Waals surface area contributed by atoms with E-state index in [1.807, 2.05) is 18.2 Å². The highest BCUT2D eigenvalue weighted by atomic mass is 32.1. The number of fused-ring (bicyclic) bond motifs is 1. The lowest BCUT2D eigenvalue weighted by Crippen LogP contribution is -2.23. The van der Waals surface area contributed by atoms with E-state index in [4.69, 9.17) is 23.7 Å². The molecule has 0 amide bonds. The molecule has 4 aromatic rings. The van der Waals surface area contributed by atoms with Crippen LogP contribution in [0.4, 0.5) is 0 Å². The molecule has 2 aromatic carbocycles. The summed E-state index contributed by atoms with van der Waals surface area (Å²) >= 11 is 1.26. The first-order valence-electron chi connectivity index (χ1n) is 11.4. The molecule has 0 unspecified atom stereocenters. The van der Waals surface area contributed by atoms with Crippen molar-refractivity contribution in [1.29, 1.82) is 0 Å². The van der Waals surface area contributed by atoms with Gasteiger partial charge in [-0.1, -0.05) is 31.3 Å². The molecule has 36 heavy (non-hydrogen) atoms. The van der Waals surface area contributed by atoms with Crippen LogP contribution in [-0.2, 0) is 0 Å². The van der Waals surface area contributed by atoms with Crippen molar-refractivity contribution in [2.75, 3.05) is 35.0 Å². The highest BCUT2D eigenvalue weighted by Crippen LogP contribution is 2.40. The molecule has 0 aliphatic heterocycles. The zero-order chi connectivity index (χ0) is 25.8. The van der Waals surface area contributed by atoms with Crippen LogP contribution in [-0.4, -0.2) is 49.6 Å². The lowest BCUT2D eigenvalue weighted by Gasteiger charge is -2.12. The third-order valence-electron chi connectivity index (χ3n) is 5.54. The van der Waals surface area contributed by atoms with Gasteiger partial charge in [0.1, 0.15) is 0 Å². The topological polar surface area (TPSA) is 93.4 Å². The Kier molecular flexibility index (Phi) is 7.64. The number of thiazole rings is 1. The Hall–Kier alpha value is -3.79. The van der Waals surface area contributed by atoms with Gasteiger partial charge in [-0.2, -0.15) is 9.50 Å². The highest BCUT2D eigenvalue weighted by molar-refractivity contribution is 7.15. The number of benzene rings is 2. The predicted octanol–water partition coefficient (Wildman–Crippen LogP) is 3.83. The maximum atomic E-state index is 13.1. The van der Waals surface area contributed by atoms with Gasteiger partial charge in [0.25, 0.3) is 5.56 Å². The van der Waals surface area contributed by atoms with Gasteiger partial charge in [0.05, 0.1) is 39.6 Å². The van der Waals surface area contributed by atoms with Crippen LogP contribution in [0.15, 0.2) is 35.1 Å². The van der Waals surface area contributed by atoms with Crippen LogP contribution in [0.2, 0.25) is 0 Å². The average Bonchev–Trinajstić information content (AvgIpc) is 3.42. The minimum atomic E-state index is -0.252. The molecular weight excluding hydrogens is 482 g/mol. The second kappa shape index (κ2) is 10.9. The fourth-order valence-corrected chi connectivity index (χ4v) is 4.52. The van der Waals surface area contributed by atoms with Crippen molar-refractivity contribution < 1.29 is 23.7 Å². The van der Waals surface area contributed by atoms with E-state index < -0.39 is 0 Å². The van der Waals surface area contributed by atoms with E-state index in [-0.39, 0.29) is 5.56 Å². The van der Waals surface area contributed by atoms with Crippen molar-refractivity contribution in [3.63, 3.8) is 0 Å². The van der Waals surface area contributed by atoms with E-state index in [1.54, 1.807) is 25.3 Å². The SMILES string of the molecule is COc1cc(C=c2sc3nc(-c4cc(OC)c(OC)c(OC)c4)nn3c2=O)ccc1OCCC(C)C. The molecule has 10 heteroatoms. The molecule has 2 aromatic heterocycles. The van der Waals surface area contributed by atoms with Gasteiger partial charge in [0.15, 0.2) is 28.8 Å². The van der Waals surface area contributed by atoms with Crippen LogP contribution < -0.4 is 33.8 Å². The molecule has 9 nitrogen and oxygen atoms in total. The Morgan fingerprint density at radius 3 is 2.22 bits per heavy atom. The van der Waals surface area contributed by atoms with Gasteiger partial charge in [0.2, 0.25) is 10.7 Å². The second-order valence-corrected chi connectivity index (χ2v) is 9.41. The van der Waals surface area contributed by atoms with Crippen LogP contribution in [0.3, 0.4) is 0 Å². The van der Waals surface area contributed by atoms with Crippen LogP contribution in [0, 0.1) is 5.92 Å². The molecule has 4 rings (SSSR count). The van der Waals surface area contributed by atoms with Crippen molar-refractivity contribution in [2.24, 2.45) is 5.92 Å². The summed E-state index contributed by atoms with van der Waals surface area (Å²) < 4.78 is 29.4. The minimum Gasteiger partial charge on any atom is -0.493 e. The molecular formula is C26H29N3O6S. The normalized spacial score (nSPS) is 11.8. The number of ether oxygens (including phenoxy) is 5. The molecule has 2 heterocycles. The zero-order valence-electron chi connectivity index (χ0n) is 21.2. The minimum absolute atomic E-state index is 0.252. The summed E-state index contributed by atoms with van der Waals surface area (Å²) in [5.41, 5.74) is 1.20. The Labute approximate surface area is 212 Å². The van der Waals surface area contributed by atoms with Gasteiger partial charge in [-0.3, -0.25) is 4.79 Å². The number of rotatable bonds is 10. The van der Waals surface area contributed by atoms with Crippen molar-refractivity contribution in [2.45, 2.75) is 20.3 Å². The van der Waals surface area contributed by atoms with Gasteiger partial charge < -0.3 is 23.7 Å². The molecule has 0 radical (unpaired) electrons. The van der Waals surface area contributed by atoms with Gasteiger partial charge >= 0.3 is 0 Å². The molecule has 0 saturated heterocycles. The highest BCUT2D eigenvalue weighted by Gasteiger charge is 2.18. The van der Waals surface area contributed by atoms with E-state index in [9.17, 15) is 4.79 Å². The first kappa shape index (κ1) is 25.3. The molecule has 0 aliphatic carbocycles. The number of hydrogen-bond acceptors (Lipinski definition) is 9. The lowest BCUT2D eigenvalue weighted by atomic mass is 10.1. The molecule has 0 atom stereocenters. The summed E-state index contributed by atoms with van der Waals surface area (Å²) in [5, 5.41) is 4.43. The van der Waals surface area contributed by atoms with Gasteiger partial charge in [0, 0.05) is 5.56 Å². The predicted molar refractivity (Wildman–Crippen MR) is 139 cm³/mol. The maximum Gasteiger partial charge on any atom is 0.291 e. The Morgan fingerprint density at radius 2 is 1.64 bits per heavy atom. The van der Waals surface area contributed by atoms with Crippen molar-refractivity contribution in [3.05, 3.63) is 50.8 Å². The first-order valence-corrected chi connectivity index (χ1v) is 12.2. The zero-order valence-corrected chi connectivity index (χ0v) is 22.0. The van der Waals surface area contributed by atoms with Crippen LogP contribution in [0.5, 0.6) is 28.7 Å². The number of aromatic nitrogens is 3. The summed E-state index contributed by atoms with van der Waals surface area (Å²) in [4.78, 5) is 18.1. The summed E-state index contributed by atoms with van der Waals surface area (Å²) in [5.74, 6) is 3.66. The molecule has 190 valence electrons. The monoisotopic (exact) mass is 511 g/mol. The third kappa shape index (κ3) is 5.08. The van der Waals surface area contributed by atoms with Gasteiger partial charge in [-0.15, -0.1) is 5.10 Å². The molecule has 0 aliphatic rings. The van der Waals surface area contributed by atoms with E-state index in [0.717, 1.165) is 12.0 Å². The van der Waals surface area contributed by atoms with E-state index in [1.165, 1.54) is 37.2 Å². The van der Waals surface area contributed by atoms with Gasteiger partial charge in [-0.25, -0.2) is 0 Å². The van der Waals surface area contributed by atoms with Crippen LogP contribution >= 0.6 is 11.3 Å².